The molecule has 31 heavy (non-hydrogen) atoms. The Hall–Kier alpha value is -3.23. The fourth-order valence-corrected chi connectivity index (χ4v) is 4.04. The number of rotatable bonds is 7. The number of hydrogen-bond donors (Lipinski definition) is 2. The maximum atomic E-state index is 11.1. The summed E-state index contributed by atoms with van der Waals surface area (Å²) < 4.78 is 6.26. The molecule has 0 spiro atoms. The molecule has 2 unspecified atom stereocenters. The van der Waals surface area contributed by atoms with Crippen LogP contribution in [0.25, 0.3) is 11.3 Å². The van der Waals surface area contributed by atoms with E-state index in [9.17, 15) is 4.79 Å². The summed E-state index contributed by atoms with van der Waals surface area (Å²) >= 11 is 5.66. The number of likely N-dealkylation sites (N-methyl/N-ethyl adjacent to an activating group) is 1. The smallest absolute Gasteiger partial charge is 0.335 e. The van der Waals surface area contributed by atoms with Crippen molar-refractivity contribution in [3.8, 4) is 11.3 Å². The van der Waals surface area contributed by atoms with Gasteiger partial charge < -0.3 is 24.6 Å². The van der Waals surface area contributed by atoms with Crippen LogP contribution < -0.4 is 5.32 Å². The standard InChI is InChI=1S/C23H24N4O3S/c1-26(2)13-14-27-21(20(25-23(27)31)17-5-3-4-12-24-17)19-11-10-18(30-19)15-6-8-16(9-7-15)22(28)29/h3-12,20-21H,13-14H2,1-2H3,(H,25,31)(H,28,29). The van der Waals surface area contributed by atoms with E-state index in [-0.39, 0.29) is 17.6 Å². The second-order valence-electron chi connectivity index (χ2n) is 7.71. The van der Waals surface area contributed by atoms with Crippen molar-refractivity contribution < 1.29 is 14.3 Å². The third-order valence-corrected chi connectivity index (χ3v) is 5.67. The number of nitrogens with zero attached hydrogens (tertiary/aromatic N) is 3. The third kappa shape index (κ3) is 4.45. The number of aromatic nitrogens is 1. The molecule has 2 atom stereocenters. The number of carboxylic acid groups (broad SMARTS) is 1. The van der Waals surface area contributed by atoms with Crippen LogP contribution >= 0.6 is 12.2 Å². The number of furan rings is 1. The molecule has 1 saturated heterocycles. The number of hydrogen-bond acceptors (Lipinski definition) is 5. The van der Waals surface area contributed by atoms with E-state index >= 15 is 0 Å². The van der Waals surface area contributed by atoms with Crippen molar-refractivity contribution in [3.63, 3.8) is 0 Å². The molecule has 1 aliphatic rings. The molecule has 2 aromatic heterocycles. The molecule has 7 nitrogen and oxygen atoms in total. The molecule has 160 valence electrons. The Balaban J connectivity index is 1.67. The third-order valence-electron chi connectivity index (χ3n) is 5.32. The molecule has 2 N–H and O–H groups in total. The van der Waals surface area contributed by atoms with Gasteiger partial charge >= 0.3 is 5.97 Å². The van der Waals surface area contributed by atoms with Gasteiger partial charge in [-0.25, -0.2) is 4.79 Å². The van der Waals surface area contributed by atoms with E-state index in [1.54, 1.807) is 30.5 Å². The first-order chi connectivity index (χ1) is 14.9. The van der Waals surface area contributed by atoms with Gasteiger partial charge in [0.05, 0.1) is 17.3 Å². The van der Waals surface area contributed by atoms with E-state index in [1.807, 2.05) is 44.4 Å². The first-order valence-electron chi connectivity index (χ1n) is 10.0. The lowest BCUT2D eigenvalue weighted by atomic mass is 10.0. The Morgan fingerprint density at radius 1 is 1.19 bits per heavy atom. The van der Waals surface area contributed by atoms with Crippen LogP contribution in [0.4, 0.5) is 0 Å². The van der Waals surface area contributed by atoms with E-state index in [2.05, 4.69) is 20.1 Å². The number of aromatic carboxylic acids is 1. The lowest BCUT2D eigenvalue weighted by molar-refractivity contribution is 0.0697. The van der Waals surface area contributed by atoms with E-state index in [4.69, 9.17) is 21.7 Å². The average molecular weight is 437 g/mol. The molecule has 3 heterocycles. The van der Waals surface area contributed by atoms with E-state index in [0.717, 1.165) is 30.1 Å². The minimum atomic E-state index is -0.952. The van der Waals surface area contributed by atoms with E-state index in [1.165, 1.54) is 0 Å². The molecule has 0 radical (unpaired) electrons. The summed E-state index contributed by atoms with van der Waals surface area (Å²) in [5.41, 5.74) is 1.95. The number of benzene rings is 1. The van der Waals surface area contributed by atoms with Crippen LogP contribution in [0, 0.1) is 0 Å². The molecule has 3 aromatic rings. The van der Waals surface area contributed by atoms with Gasteiger partial charge in [-0.3, -0.25) is 4.98 Å². The predicted molar refractivity (Wildman–Crippen MR) is 122 cm³/mol. The van der Waals surface area contributed by atoms with Crippen molar-refractivity contribution in [1.82, 2.24) is 20.1 Å². The van der Waals surface area contributed by atoms with Crippen molar-refractivity contribution in [3.05, 3.63) is 77.8 Å². The summed E-state index contributed by atoms with van der Waals surface area (Å²) in [4.78, 5) is 19.9. The Bertz CT molecular complexity index is 1070. The van der Waals surface area contributed by atoms with Crippen molar-refractivity contribution in [2.24, 2.45) is 0 Å². The zero-order valence-corrected chi connectivity index (χ0v) is 18.2. The Morgan fingerprint density at radius 2 is 1.97 bits per heavy atom. The maximum Gasteiger partial charge on any atom is 0.335 e. The average Bonchev–Trinajstić information content (AvgIpc) is 3.37. The fourth-order valence-electron chi connectivity index (χ4n) is 3.71. The van der Waals surface area contributed by atoms with Gasteiger partial charge in [0.1, 0.15) is 17.6 Å². The van der Waals surface area contributed by atoms with Gasteiger partial charge in [-0.2, -0.15) is 0 Å². The molecule has 1 aromatic carbocycles. The lowest BCUT2D eigenvalue weighted by Crippen LogP contribution is -2.35. The van der Waals surface area contributed by atoms with Crippen molar-refractivity contribution >= 4 is 23.3 Å². The van der Waals surface area contributed by atoms with Crippen LogP contribution in [-0.4, -0.2) is 58.2 Å². The Kier molecular flexibility index (Phi) is 6.01. The van der Waals surface area contributed by atoms with Crippen molar-refractivity contribution in [2.75, 3.05) is 27.2 Å². The quantitative estimate of drug-likeness (QED) is 0.544. The van der Waals surface area contributed by atoms with Crippen LogP contribution in [0.3, 0.4) is 0 Å². The second-order valence-corrected chi connectivity index (χ2v) is 8.09. The molecule has 4 rings (SSSR count). The summed E-state index contributed by atoms with van der Waals surface area (Å²) in [6, 6.07) is 16.1. The van der Waals surface area contributed by atoms with Crippen LogP contribution in [0.1, 0.15) is 33.9 Å². The van der Waals surface area contributed by atoms with Gasteiger partial charge in [-0.05, 0) is 62.7 Å². The molecular formula is C23H24N4O3S. The first kappa shape index (κ1) is 21.0. The monoisotopic (exact) mass is 436 g/mol. The first-order valence-corrected chi connectivity index (χ1v) is 10.4. The zero-order chi connectivity index (χ0) is 22.0. The molecule has 8 heteroatoms. The van der Waals surface area contributed by atoms with Gasteiger partial charge in [0.25, 0.3) is 0 Å². The largest absolute Gasteiger partial charge is 0.478 e. The number of thiocarbonyl (C=S) groups is 1. The highest BCUT2D eigenvalue weighted by molar-refractivity contribution is 7.80. The number of carbonyl (C=O) groups is 1. The summed E-state index contributed by atoms with van der Waals surface area (Å²) in [5, 5.41) is 13.2. The van der Waals surface area contributed by atoms with E-state index < -0.39 is 5.97 Å². The summed E-state index contributed by atoms with van der Waals surface area (Å²) in [5.74, 6) is 0.503. The fraction of sp³-hybridized carbons (Fsp3) is 0.261. The summed E-state index contributed by atoms with van der Waals surface area (Å²) in [6.45, 7) is 1.59. The normalized spacial score (nSPS) is 18.4. The van der Waals surface area contributed by atoms with Crippen molar-refractivity contribution in [1.29, 1.82) is 0 Å². The molecule has 0 bridgehead atoms. The summed E-state index contributed by atoms with van der Waals surface area (Å²) in [7, 11) is 4.06. The summed E-state index contributed by atoms with van der Waals surface area (Å²) in [6.07, 6.45) is 1.77. The van der Waals surface area contributed by atoms with Crippen molar-refractivity contribution in [2.45, 2.75) is 12.1 Å². The molecular weight excluding hydrogens is 412 g/mol. The second kappa shape index (κ2) is 8.87. The Labute approximate surface area is 186 Å². The molecule has 0 amide bonds. The molecule has 1 aliphatic heterocycles. The minimum absolute atomic E-state index is 0.135. The highest BCUT2D eigenvalue weighted by Crippen LogP contribution is 2.40. The van der Waals surface area contributed by atoms with Crippen LogP contribution in [0.2, 0.25) is 0 Å². The van der Waals surface area contributed by atoms with Crippen LogP contribution in [0.15, 0.2) is 65.2 Å². The molecule has 0 aliphatic carbocycles. The van der Waals surface area contributed by atoms with Gasteiger partial charge in [0.2, 0.25) is 0 Å². The molecule has 0 saturated carbocycles. The number of carboxylic acids is 1. The number of pyridine rings is 1. The number of nitrogens with one attached hydrogen (secondary N) is 1. The van der Waals surface area contributed by atoms with E-state index in [0.29, 0.717) is 10.9 Å². The lowest BCUT2D eigenvalue weighted by Gasteiger charge is -2.27. The highest BCUT2D eigenvalue weighted by Gasteiger charge is 2.41. The zero-order valence-electron chi connectivity index (χ0n) is 17.4. The predicted octanol–water partition coefficient (Wildman–Crippen LogP) is 3.57. The van der Waals surface area contributed by atoms with Gasteiger partial charge in [-0.1, -0.05) is 18.2 Å². The van der Waals surface area contributed by atoms with Gasteiger partial charge in [0.15, 0.2) is 5.11 Å². The minimum Gasteiger partial charge on any atom is -0.478 e. The Morgan fingerprint density at radius 3 is 2.61 bits per heavy atom. The molecule has 1 fully saturated rings. The topological polar surface area (TPSA) is 81.8 Å². The van der Waals surface area contributed by atoms with Crippen LogP contribution in [0.5, 0.6) is 0 Å². The van der Waals surface area contributed by atoms with Crippen LogP contribution in [-0.2, 0) is 0 Å². The maximum absolute atomic E-state index is 11.1. The highest BCUT2D eigenvalue weighted by atomic mass is 32.1. The van der Waals surface area contributed by atoms with Gasteiger partial charge in [-0.15, -0.1) is 0 Å². The SMILES string of the molecule is CN(C)CCN1C(=S)NC(c2ccccn2)C1c1ccc(-c2ccc(C(=O)O)cc2)o1. The van der Waals surface area contributed by atoms with Gasteiger partial charge in [0, 0.05) is 24.8 Å².